The first kappa shape index (κ1) is 12.5. The monoisotopic (exact) mass is 213 g/mol. The Kier molecular flexibility index (Phi) is 4.54. The largest absolute Gasteiger partial charge is 0.353 e. The predicted molar refractivity (Wildman–Crippen MR) is 61.8 cm³/mol. The molecule has 0 aromatic carbocycles. The molecule has 0 saturated carbocycles. The Balaban J connectivity index is 2.43. The SMILES string of the molecule is CC(C)NC(=O)C(C)N(C)C1CCNC1. The second-order valence-electron chi connectivity index (χ2n) is 4.65. The van der Waals surface area contributed by atoms with Gasteiger partial charge in [-0.05, 0) is 40.8 Å². The van der Waals surface area contributed by atoms with E-state index in [9.17, 15) is 4.79 Å². The number of carbonyl (C=O) groups excluding carboxylic acids is 1. The van der Waals surface area contributed by atoms with Gasteiger partial charge in [0.15, 0.2) is 0 Å². The summed E-state index contributed by atoms with van der Waals surface area (Å²) in [5.74, 6) is 0.124. The highest BCUT2D eigenvalue weighted by atomic mass is 16.2. The molecule has 1 amide bonds. The third-order valence-corrected chi connectivity index (χ3v) is 3.03. The maximum Gasteiger partial charge on any atom is 0.237 e. The highest BCUT2D eigenvalue weighted by Crippen LogP contribution is 2.09. The van der Waals surface area contributed by atoms with E-state index in [2.05, 4.69) is 15.5 Å². The van der Waals surface area contributed by atoms with Crippen LogP contribution in [-0.4, -0.2) is 49.1 Å². The molecular formula is C11H23N3O. The van der Waals surface area contributed by atoms with Crippen LogP contribution in [0.2, 0.25) is 0 Å². The van der Waals surface area contributed by atoms with Gasteiger partial charge in [0, 0.05) is 18.6 Å². The number of amides is 1. The third kappa shape index (κ3) is 3.47. The van der Waals surface area contributed by atoms with Crippen molar-refractivity contribution < 1.29 is 4.79 Å². The Hall–Kier alpha value is -0.610. The molecule has 4 nitrogen and oxygen atoms in total. The van der Waals surface area contributed by atoms with Crippen molar-refractivity contribution in [3.05, 3.63) is 0 Å². The van der Waals surface area contributed by atoms with E-state index in [1.54, 1.807) is 0 Å². The first-order valence-corrected chi connectivity index (χ1v) is 5.75. The summed E-state index contributed by atoms with van der Waals surface area (Å²) in [6.45, 7) is 8.00. The molecule has 1 rings (SSSR count). The highest BCUT2D eigenvalue weighted by Gasteiger charge is 2.26. The predicted octanol–water partition coefficient (Wildman–Crippen LogP) is 0.193. The van der Waals surface area contributed by atoms with Crippen molar-refractivity contribution in [1.29, 1.82) is 0 Å². The van der Waals surface area contributed by atoms with Gasteiger partial charge in [-0.25, -0.2) is 0 Å². The Morgan fingerprint density at radius 3 is 2.60 bits per heavy atom. The molecule has 0 radical (unpaired) electrons. The Morgan fingerprint density at radius 2 is 2.13 bits per heavy atom. The minimum Gasteiger partial charge on any atom is -0.353 e. The van der Waals surface area contributed by atoms with Gasteiger partial charge < -0.3 is 10.6 Å². The molecule has 0 aromatic heterocycles. The lowest BCUT2D eigenvalue weighted by Crippen LogP contribution is -2.49. The Morgan fingerprint density at radius 1 is 1.47 bits per heavy atom. The summed E-state index contributed by atoms with van der Waals surface area (Å²) in [5, 5.41) is 6.26. The number of nitrogens with zero attached hydrogens (tertiary/aromatic N) is 1. The van der Waals surface area contributed by atoms with Crippen LogP contribution < -0.4 is 10.6 Å². The van der Waals surface area contributed by atoms with Crippen molar-refractivity contribution in [2.45, 2.75) is 45.3 Å². The van der Waals surface area contributed by atoms with Gasteiger partial charge in [0.2, 0.25) is 5.91 Å². The summed E-state index contributed by atoms with van der Waals surface area (Å²) in [6.07, 6.45) is 1.13. The van der Waals surface area contributed by atoms with E-state index in [1.165, 1.54) is 0 Å². The molecular weight excluding hydrogens is 190 g/mol. The highest BCUT2D eigenvalue weighted by molar-refractivity contribution is 5.81. The number of likely N-dealkylation sites (N-methyl/N-ethyl adjacent to an activating group) is 1. The van der Waals surface area contributed by atoms with E-state index in [-0.39, 0.29) is 18.0 Å². The Labute approximate surface area is 92.4 Å². The van der Waals surface area contributed by atoms with Crippen LogP contribution in [0.5, 0.6) is 0 Å². The summed E-state index contributed by atoms with van der Waals surface area (Å²) < 4.78 is 0. The molecule has 88 valence electrons. The van der Waals surface area contributed by atoms with Gasteiger partial charge in [-0.15, -0.1) is 0 Å². The van der Waals surface area contributed by atoms with Gasteiger partial charge in [-0.2, -0.15) is 0 Å². The van der Waals surface area contributed by atoms with Gasteiger partial charge in [0.05, 0.1) is 6.04 Å². The molecule has 15 heavy (non-hydrogen) atoms. The summed E-state index contributed by atoms with van der Waals surface area (Å²) >= 11 is 0. The summed E-state index contributed by atoms with van der Waals surface area (Å²) in [6, 6.07) is 0.672. The molecule has 4 heteroatoms. The van der Waals surface area contributed by atoms with Crippen LogP contribution >= 0.6 is 0 Å². The van der Waals surface area contributed by atoms with E-state index in [0.717, 1.165) is 19.5 Å². The molecule has 0 aliphatic carbocycles. The zero-order valence-corrected chi connectivity index (χ0v) is 10.2. The summed E-state index contributed by atoms with van der Waals surface area (Å²) in [4.78, 5) is 13.9. The lowest BCUT2D eigenvalue weighted by molar-refractivity contribution is -0.126. The van der Waals surface area contributed by atoms with Crippen molar-refractivity contribution in [2.75, 3.05) is 20.1 Å². The number of nitrogens with one attached hydrogen (secondary N) is 2. The molecule has 2 N–H and O–H groups in total. The molecule has 1 fully saturated rings. The standard InChI is InChI=1S/C11H23N3O/c1-8(2)13-11(15)9(3)14(4)10-5-6-12-7-10/h8-10,12H,5-7H2,1-4H3,(H,13,15). The minimum atomic E-state index is -0.0442. The molecule has 1 aliphatic rings. The van der Waals surface area contributed by atoms with Gasteiger partial charge >= 0.3 is 0 Å². The summed E-state index contributed by atoms with van der Waals surface area (Å²) in [7, 11) is 2.03. The molecule has 1 saturated heterocycles. The molecule has 1 heterocycles. The van der Waals surface area contributed by atoms with Gasteiger partial charge in [-0.3, -0.25) is 9.69 Å². The van der Waals surface area contributed by atoms with E-state index >= 15 is 0 Å². The van der Waals surface area contributed by atoms with Crippen LogP contribution in [0.25, 0.3) is 0 Å². The maximum atomic E-state index is 11.8. The fraction of sp³-hybridized carbons (Fsp3) is 0.909. The first-order valence-electron chi connectivity index (χ1n) is 5.75. The van der Waals surface area contributed by atoms with Crippen molar-refractivity contribution in [3.63, 3.8) is 0 Å². The van der Waals surface area contributed by atoms with Gasteiger partial charge in [0.25, 0.3) is 0 Å². The smallest absolute Gasteiger partial charge is 0.237 e. The lowest BCUT2D eigenvalue weighted by Gasteiger charge is -2.29. The van der Waals surface area contributed by atoms with E-state index in [4.69, 9.17) is 0 Å². The van der Waals surface area contributed by atoms with Gasteiger partial charge in [0.1, 0.15) is 0 Å². The fourth-order valence-electron chi connectivity index (χ4n) is 1.89. The topological polar surface area (TPSA) is 44.4 Å². The van der Waals surface area contributed by atoms with Crippen LogP contribution in [0.1, 0.15) is 27.2 Å². The quantitative estimate of drug-likeness (QED) is 0.701. The van der Waals surface area contributed by atoms with Crippen molar-refractivity contribution in [2.24, 2.45) is 0 Å². The van der Waals surface area contributed by atoms with E-state index in [1.807, 2.05) is 27.8 Å². The van der Waals surface area contributed by atoms with E-state index < -0.39 is 0 Å². The van der Waals surface area contributed by atoms with Crippen molar-refractivity contribution >= 4 is 5.91 Å². The number of hydrogen-bond donors (Lipinski definition) is 2. The minimum absolute atomic E-state index is 0.0442. The Bertz CT molecular complexity index is 212. The average molecular weight is 213 g/mol. The molecule has 2 unspecified atom stereocenters. The third-order valence-electron chi connectivity index (χ3n) is 3.03. The zero-order valence-electron chi connectivity index (χ0n) is 10.2. The summed E-state index contributed by atoms with van der Waals surface area (Å²) in [5.41, 5.74) is 0. The van der Waals surface area contributed by atoms with Crippen LogP contribution in [0, 0.1) is 0 Å². The second-order valence-corrected chi connectivity index (χ2v) is 4.65. The van der Waals surface area contributed by atoms with Crippen LogP contribution in [0.4, 0.5) is 0 Å². The fourth-order valence-corrected chi connectivity index (χ4v) is 1.89. The second kappa shape index (κ2) is 5.47. The van der Waals surface area contributed by atoms with Crippen LogP contribution in [-0.2, 0) is 4.79 Å². The lowest BCUT2D eigenvalue weighted by atomic mass is 10.1. The van der Waals surface area contributed by atoms with Crippen LogP contribution in [0.15, 0.2) is 0 Å². The normalized spacial score (nSPS) is 23.5. The first-order chi connectivity index (χ1) is 7.02. The average Bonchev–Trinajstić information content (AvgIpc) is 2.67. The molecule has 1 aliphatic heterocycles. The van der Waals surface area contributed by atoms with Gasteiger partial charge in [-0.1, -0.05) is 0 Å². The van der Waals surface area contributed by atoms with Crippen molar-refractivity contribution in [1.82, 2.24) is 15.5 Å². The van der Waals surface area contributed by atoms with Crippen LogP contribution in [0.3, 0.4) is 0 Å². The van der Waals surface area contributed by atoms with E-state index in [0.29, 0.717) is 6.04 Å². The number of rotatable bonds is 4. The zero-order chi connectivity index (χ0) is 11.4. The number of carbonyl (C=O) groups is 1. The van der Waals surface area contributed by atoms with Crippen molar-refractivity contribution in [3.8, 4) is 0 Å². The maximum absolute atomic E-state index is 11.8. The molecule has 2 atom stereocenters. The molecule has 0 bridgehead atoms. The number of hydrogen-bond acceptors (Lipinski definition) is 3. The molecule has 0 aromatic rings. The molecule has 0 spiro atoms.